The molecule has 2 rings (SSSR count). The van der Waals surface area contributed by atoms with Gasteiger partial charge >= 0.3 is 0 Å². The first-order chi connectivity index (χ1) is 8.19. The fraction of sp³-hybridized carbons (Fsp3) is 0.385. The van der Waals surface area contributed by atoms with Gasteiger partial charge in [0.2, 0.25) is 5.13 Å². The third-order valence-corrected chi connectivity index (χ3v) is 3.65. The number of aryl methyl sites for hydroxylation is 2. The molecule has 1 aromatic heterocycles. The standard InChI is InChI=1S/C13H17N3S/c1-4-12-15-16-13(17-12)14-10(3)11-7-5-6-9(2)8-11/h5-8,10H,4H2,1-3H3,(H,14,16). The highest BCUT2D eigenvalue weighted by Gasteiger charge is 2.08. The summed E-state index contributed by atoms with van der Waals surface area (Å²) in [7, 11) is 0. The van der Waals surface area contributed by atoms with Crippen molar-refractivity contribution in [3.05, 3.63) is 40.4 Å². The second kappa shape index (κ2) is 5.27. The van der Waals surface area contributed by atoms with Crippen molar-refractivity contribution in [2.24, 2.45) is 0 Å². The molecule has 90 valence electrons. The molecule has 0 radical (unpaired) electrons. The van der Waals surface area contributed by atoms with Crippen LogP contribution in [0, 0.1) is 6.92 Å². The topological polar surface area (TPSA) is 37.8 Å². The van der Waals surface area contributed by atoms with Crippen molar-refractivity contribution in [1.82, 2.24) is 10.2 Å². The van der Waals surface area contributed by atoms with E-state index in [0.29, 0.717) is 0 Å². The second-order valence-corrected chi connectivity index (χ2v) is 5.20. The maximum atomic E-state index is 4.13. The maximum absolute atomic E-state index is 4.13. The van der Waals surface area contributed by atoms with Gasteiger partial charge in [-0.05, 0) is 25.8 Å². The van der Waals surface area contributed by atoms with Crippen molar-refractivity contribution in [2.45, 2.75) is 33.2 Å². The van der Waals surface area contributed by atoms with E-state index in [1.807, 2.05) is 0 Å². The van der Waals surface area contributed by atoms with Crippen LogP contribution in [0.4, 0.5) is 5.13 Å². The van der Waals surface area contributed by atoms with E-state index in [1.165, 1.54) is 11.1 Å². The third kappa shape index (κ3) is 3.03. The summed E-state index contributed by atoms with van der Waals surface area (Å²) < 4.78 is 0. The second-order valence-electron chi connectivity index (χ2n) is 4.13. The highest BCUT2D eigenvalue weighted by atomic mass is 32.1. The van der Waals surface area contributed by atoms with Gasteiger partial charge in [0.05, 0.1) is 6.04 Å². The van der Waals surface area contributed by atoms with Gasteiger partial charge in [0.15, 0.2) is 0 Å². The fourth-order valence-electron chi connectivity index (χ4n) is 1.66. The minimum atomic E-state index is 0.257. The van der Waals surface area contributed by atoms with E-state index in [0.717, 1.165) is 16.6 Å². The van der Waals surface area contributed by atoms with Crippen LogP contribution in [0.25, 0.3) is 0 Å². The quantitative estimate of drug-likeness (QED) is 0.897. The number of benzene rings is 1. The molecule has 0 aliphatic rings. The van der Waals surface area contributed by atoms with Gasteiger partial charge in [-0.25, -0.2) is 0 Å². The van der Waals surface area contributed by atoms with Crippen LogP contribution >= 0.6 is 11.3 Å². The van der Waals surface area contributed by atoms with E-state index in [4.69, 9.17) is 0 Å². The molecule has 0 saturated heterocycles. The predicted molar refractivity (Wildman–Crippen MR) is 72.5 cm³/mol. The molecule has 3 nitrogen and oxygen atoms in total. The first kappa shape index (κ1) is 12.0. The Morgan fingerprint density at radius 3 is 2.82 bits per heavy atom. The van der Waals surface area contributed by atoms with Crippen LogP contribution < -0.4 is 5.32 Å². The molecule has 4 heteroatoms. The van der Waals surface area contributed by atoms with Gasteiger partial charge in [0.1, 0.15) is 5.01 Å². The van der Waals surface area contributed by atoms with E-state index < -0.39 is 0 Å². The van der Waals surface area contributed by atoms with Crippen LogP contribution in [0.3, 0.4) is 0 Å². The summed E-state index contributed by atoms with van der Waals surface area (Å²) in [4.78, 5) is 0. The van der Waals surface area contributed by atoms with Gasteiger partial charge in [-0.15, -0.1) is 10.2 Å². The van der Waals surface area contributed by atoms with Crippen LogP contribution in [-0.2, 0) is 6.42 Å². The van der Waals surface area contributed by atoms with Crippen LogP contribution in [0.2, 0.25) is 0 Å². The summed E-state index contributed by atoms with van der Waals surface area (Å²) in [6, 6.07) is 8.77. The molecule has 0 aliphatic heterocycles. The molecule has 0 aliphatic carbocycles. The number of aromatic nitrogens is 2. The van der Waals surface area contributed by atoms with Crippen molar-refractivity contribution < 1.29 is 0 Å². The van der Waals surface area contributed by atoms with E-state index in [9.17, 15) is 0 Å². The largest absolute Gasteiger partial charge is 0.354 e. The Hall–Kier alpha value is -1.42. The highest BCUT2D eigenvalue weighted by Crippen LogP contribution is 2.22. The first-order valence-electron chi connectivity index (χ1n) is 5.84. The van der Waals surface area contributed by atoms with E-state index >= 15 is 0 Å². The molecular formula is C13H17N3S. The molecule has 0 fully saturated rings. The monoisotopic (exact) mass is 247 g/mol. The Labute approximate surface area is 106 Å². The lowest BCUT2D eigenvalue weighted by atomic mass is 10.1. The zero-order valence-electron chi connectivity index (χ0n) is 10.4. The number of nitrogens with one attached hydrogen (secondary N) is 1. The fourth-order valence-corrected chi connectivity index (χ4v) is 2.43. The molecule has 0 amide bonds. The summed E-state index contributed by atoms with van der Waals surface area (Å²) in [6.07, 6.45) is 0.943. The molecule has 2 aromatic rings. The van der Waals surface area contributed by atoms with Crippen molar-refractivity contribution in [2.75, 3.05) is 5.32 Å². The summed E-state index contributed by atoms with van der Waals surface area (Å²) in [5.74, 6) is 0. The van der Waals surface area contributed by atoms with Crippen LogP contribution in [0.5, 0.6) is 0 Å². The average Bonchev–Trinajstić information content (AvgIpc) is 2.77. The average molecular weight is 247 g/mol. The number of hydrogen-bond donors (Lipinski definition) is 1. The molecule has 0 spiro atoms. The summed E-state index contributed by atoms with van der Waals surface area (Å²) in [5.41, 5.74) is 2.56. The van der Waals surface area contributed by atoms with Gasteiger partial charge in [-0.1, -0.05) is 48.1 Å². The predicted octanol–water partition coefficient (Wildman–Crippen LogP) is 3.58. The van der Waals surface area contributed by atoms with Crippen molar-refractivity contribution in [3.63, 3.8) is 0 Å². The molecular weight excluding hydrogens is 230 g/mol. The Bertz CT molecular complexity index is 493. The van der Waals surface area contributed by atoms with Gasteiger partial charge in [0, 0.05) is 0 Å². The molecule has 1 aromatic carbocycles. The molecule has 1 heterocycles. The highest BCUT2D eigenvalue weighted by molar-refractivity contribution is 7.15. The number of hydrogen-bond acceptors (Lipinski definition) is 4. The zero-order valence-corrected chi connectivity index (χ0v) is 11.2. The normalized spacial score (nSPS) is 12.4. The molecule has 17 heavy (non-hydrogen) atoms. The first-order valence-corrected chi connectivity index (χ1v) is 6.66. The molecule has 0 bridgehead atoms. The number of nitrogens with zero attached hydrogens (tertiary/aromatic N) is 2. The number of rotatable bonds is 4. The van der Waals surface area contributed by atoms with Gasteiger partial charge in [0.25, 0.3) is 0 Å². The van der Waals surface area contributed by atoms with Crippen LogP contribution in [-0.4, -0.2) is 10.2 Å². The Balaban J connectivity index is 2.08. The SMILES string of the molecule is CCc1nnc(NC(C)c2cccc(C)c2)s1. The van der Waals surface area contributed by atoms with Crippen molar-refractivity contribution in [3.8, 4) is 0 Å². The minimum absolute atomic E-state index is 0.257. The van der Waals surface area contributed by atoms with Crippen LogP contribution in [0.1, 0.15) is 36.0 Å². The van der Waals surface area contributed by atoms with E-state index in [-0.39, 0.29) is 6.04 Å². The number of anilines is 1. The summed E-state index contributed by atoms with van der Waals surface area (Å²) in [5, 5.41) is 13.6. The van der Waals surface area contributed by atoms with Crippen molar-refractivity contribution in [1.29, 1.82) is 0 Å². The maximum Gasteiger partial charge on any atom is 0.206 e. The molecule has 1 atom stereocenters. The lowest BCUT2D eigenvalue weighted by Gasteiger charge is -2.13. The van der Waals surface area contributed by atoms with E-state index in [2.05, 4.69) is 60.6 Å². The Kier molecular flexibility index (Phi) is 3.74. The smallest absolute Gasteiger partial charge is 0.206 e. The molecule has 1 N–H and O–H groups in total. The van der Waals surface area contributed by atoms with Gasteiger partial charge in [-0.3, -0.25) is 0 Å². The summed E-state index contributed by atoms with van der Waals surface area (Å²) in [6.45, 7) is 6.34. The zero-order chi connectivity index (χ0) is 12.3. The van der Waals surface area contributed by atoms with E-state index in [1.54, 1.807) is 11.3 Å². The summed E-state index contributed by atoms with van der Waals surface area (Å²) >= 11 is 1.63. The minimum Gasteiger partial charge on any atom is -0.354 e. The van der Waals surface area contributed by atoms with Crippen LogP contribution in [0.15, 0.2) is 24.3 Å². The van der Waals surface area contributed by atoms with Crippen molar-refractivity contribution >= 4 is 16.5 Å². The Morgan fingerprint density at radius 1 is 1.35 bits per heavy atom. The Morgan fingerprint density at radius 2 is 2.18 bits per heavy atom. The molecule has 1 unspecified atom stereocenters. The van der Waals surface area contributed by atoms with Gasteiger partial charge in [-0.2, -0.15) is 0 Å². The van der Waals surface area contributed by atoms with Gasteiger partial charge < -0.3 is 5.32 Å². The molecule has 0 saturated carbocycles. The lowest BCUT2D eigenvalue weighted by Crippen LogP contribution is -2.06. The lowest BCUT2D eigenvalue weighted by molar-refractivity contribution is 0.868. The third-order valence-electron chi connectivity index (χ3n) is 2.65.